The lowest BCUT2D eigenvalue weighted by Crippen LogP contribution is -2.01. The van der Waals surface area contributed by atoms with Gasteiger partial charge in [-0.25, -0.2) is 0 Å². The highest BCUT2D eigenvalue weighted by Gasteiger charge is 2.18. The minimum atomic E-state index is -0.974. The fourth-order valence-electron chi connectivity index (χ4n) is 1.81. The second-order valence-corrected chi connectivity index (χ2v) is 5.91. The van der Waals surface area contributed by atoms with Gasteiger partial charge in [0.25, 0.3) is 0 Å². The first kappa shape index (κ1) is 15.7. The molecule has 2 aromatic rings. The molecule has 0 radical (unpaired) electrons. The first-order valence-electron chi connectivity index (χ1n) is 5.67. The van der Waals surface area contributed by atoms with Gasteiger partial charge in [0.1, 0.15) is 6.10 Å². The Labute approximate surface area is 137 Å². The summed E-state index contributed by atoms with van der Waals surface area (Å²) in [6, 6.07) is 9.87. The van der Waals surface area contributed by atoms with E-state index in [0.717, 1.165) is 0 Å². The number of hydrogen-bond donors (Lipinski definition) is 1. The topological polar surface area (TPSA) is 20.2 Å². The molecule has 0 aliphatic rings. The normalized spacial score (nSPS) is 12.2. The first-order chi connectivity index (χ1) is 9.40. The monoisotopic (exact) mass is 346 g/mol. The quantitative estimate of drug-likeness (QED) is 0.716. The van der Waals surface area contributed by atoms with Gasteiger partial charge in [-0.15, -0.1) is 0 Å². The molecule has 0 bridgehead atoms. The molecule has 0 amide bonds. The number of hydrogen-bond acceptors (Lipinski definition) is 1. The van der Waals surface area contributed by atoms with Gasteiger partial charge in [-0.3, -0.25) is 0 Å². The summed E-state index contributed by atoms with van der Waals surface area (Å²) in [5.41, 5.74) is 1.58. The molecule has 5 heteroatoms. The second kappa shape index (κ2) is 6.38. The van der Waals surface area contributed by atoms with Crippen LogP contribution < -0.4 is 0 Å². The Kier molecular flexibility index (Phi) is 5.00. The van der Waals surface area contributed by atoms with Crippen LogP contribution in [0.3, 0.4) is 0 Å². The standard InChI is InChI=1S/C15H10Cl4O/c1-8(11-4-2-9(16)6-13(11)18)15(20)12-5-3-10(17)7-14(12)19/h2-7,15,20H,1H2/t15-/m0/s1. The van der Waals surface area contributed by atoms with E-state index in [2.05, 4.69) is 6.58 Å². The zero-order valence-electron chi connectivity index (χ0n) is 10.2. The van der Waals surface area contributed by atoms with Crippen LogP contribution in [-0.2, 0) is 0 Å². The Balaban J connectivity index is 2.37. The summed E-state index contributed by atoms with van der Waals surface area (Å²) in [6.07, 6.45) is -0.974. The fourth-order valence-corrected chi connectivity index (χ4v) is 2.85. The van der Waals surface area contributed by atoms with E-state index in [1.54, 1.807) is 36.4 Å². The van der Waals surface area contributed by atoms with Gasteiger partial charge in [0.15, 0.2) is 0 Å². The van der Waals surface area contributed by atoms with E-state index >= 15 is 0 Å². The van der Waals surface area contributed by atoms with Crippen molar-refractivity contribution in [3.05, 3.63) is 74.2 Å². The number of aliphatic hydroxyl groups excluding tert-OH is 1. The second-order valence-electron chi connectivity index (χ2n) is 4.22. The van der Waals surface area contributed by atoms with Crippen LogP contribution in [0.4, 0.5) is 0 Å². The molecule has 20 heavy (non-hydrogen) atoms. The summed E-state index contributed by atoms with van der Waals surface area (Å²) in [5, 5.41) is 12.2. The van der Waals surface area contributed by atoms with Gasteiger partial charge >= 0.3 is 0 Å². The van der Waals surface area contributed by atoms with Crippen LogP contribution in [0.5, 0.6) is 0 Å². The third-order valence-corrected chi connectivity index (χ3v) is 3.97. The maximum absolute atomic E-state index is 10.4. The van der Waals surface area contributed by atoms with Crippen molar-refractivity contribution in [1.82, 2.24) is 0 Å². The summed E-state index contributed by atoms with van der Waals surface area (Å²) in [5.74, 6) is 0. The molecule has 0 heterocycles. The predicted molar refractivity (Wildman–Crippen MR) is 86.9 cm³/mol. The lowest BCUT2D eigenvalue weighted by atomic mass is 9.96. The van der Waals surface area contributed by atoms with Crippen LogP contribution in [-0.4, -0.2) is 5.11 Å². The van der Waals surface area contributed by atoms with Gasteiger partial charge in [-0.2, -0.15) is 0 Å². The average molecular weight is 348 g/mol. The fraction of sp³-hybridized carbons (Fsp3) is 0.0667. The molecule has 2 rings (SSSR count). The van der Waals surface area contributed by atoms with Gasteiger partial charge in [-0.1, -0.05) is 65.1 Å². The molecule has 1 N–H and O–H groups in total. The number of rotatable bonds is 3. The van der Waals surface area contributed by atoms with Crippen LogP contribution in [0.15, 0.2) is 43.0 Å². The average Bonchev–Trinajstić information content (AvgIpc) is 2.37. The van der Waals surface area contributed by atoms with Gasteiger partial charge in [0.05, 0.1) is 0 Å². The Morgan fingerprint density at radius 1 is 0.900 bits per heavy atom. The maximum atomic E-state index is 10.4. The molecule has 1 nitrogen and oxygen atoms in total. The van der Waals surface area contributed by atoms with Gasteiger partial charge in [-0.05, 0) is 35.4 Å². The van der Waals surface area contributed by atoms with E-state index in [-0.39, 0.29) is 0 Å². The number of aliphatic hydroxyl groups is 1. The number of halogens is 4. The molecular weight excluding hydrogens is 338 g/mol. The van der Waals surface area contributed by atoms with Crippen LogP contribution in [0, 0.1) is 0 Å². The molecule has 0 spiro atoms. The maximum Gasteiger partial charge on any atom is 0.106 e. The van der Waals surface area contributed by atoms with Gasteiger partial charge in [0.2, 0.25) is 0 Å². The highest BCUT2D eigenvalue weighted by molar-refractivity contribution is 6.36. The molecule has 0 aromatic heterocycles. The molecule has 0 aliphatic heterocycles. The molecular formula is C15H10Cl4O. The van der Waals surface area contributed by atoms with Crippen molar-refractivity contribution in [2.24, 2.45) is 0 Å². The zero-order chi connectivity index (χ0) is 14.9. The molecule has 0 fully saturated rings. The van der Waals surface area contributed by atoms with Gasteiger partial charge in [0, 0.05) is 25.7 Å². The van der Waals surface area contributed by atoms with E-state index in [4.69, 9.17) is 46.4 Å². The van der Waals surface area contributed by atoms with Crippen molar-refractivity contribution in [1.29, 1.82) is 0 Å². The summed E-state index contributed by atoms with van der Waals surface area (Å²) in [4.78, 5) is 0. The van der Waals surface area contributed by atoms with Crippen LogP contribution in [0.25, 0.3) is 5.57 Å². The SMILES string of the molecule is C=C(c1ccc(Cl)cc1Cl)[C@H](O)c1ccc(Cl)cc1Cl. The summed E-state index contributed by atoms with van der Waals surface area (Å²) < 4.78 is 0. The van der Waals surface area contributed by atoms with Crippen molar-refractivity contribution in [3.8, 4) is 0 Å². The smallest absolute Gasteiger partial charge is 0.106 e. The molecule has 1 atom stereocenters. The van der Waals surface area contributed by atoms with Crippen molar-refractivity contribution in [2.45, 2.75) is 6.10 Å². The summed E-state index contributed by atoms with van der Waals surface area (Å²) in [7, 11) is 0. The minimum absolute atomic E-state index is 0.372. The summed E-state index contributed by atoms with van der Waals surface area (Å²) >= 11 is 23.9. The first-order valence-corrected chi connectivity index (χ1v) is 7.18. The van der Waals surface area contributed by atoms with Crippen LogP contribution >= 0.6 is 46.4 Å². The van der Waals surface area contributed by atoms with E-state index in [9.17, 15) is 5.11 Å². The van der Waals surface area contributed by atoms with E-state index in [1.165, 1.54) is 0 Å². The van der Waals surface area contributed by atoms with E-state index in [1.807, 2.05) is 0 Å². The lowest BCUT2D eigenvalue weighted by Gasteiger charge is -2.17. The largest absolute Gasteiger partial charge is 0.384 e. The predicted octanol–water partition coefficient (Wildman–Crippen LogP) is 6.05. The molecule has 104 valence electrons. The third-order valence-electron chi connectivity index (χ3n) is 2.86. The van der Waals surface area contributed by atoms with Crippen LogP contribution in [0.2, 0.25) is 20.1 Å². The highest BCUT2D eigenvalue weighted by atomic mass is 35.5. The Morgan fingerprint density at radius 3 is 2.00 bits per heavy atom. The lowest BCUT2D eigenvalue weighted by molar-refractivity contribution is 0.238. The van der Waals surface area contributed by atoms with Gasteiger partial charge < -0.3 is 5.11 Å². The molecule has 0 saturated carbocycles. The van der Waals surface area contributed by atoms with E-state index in [0.29, 0.717) is 36.8 Å². The highest BCUT2D eigenvalue weighted by Crippen LogP contribution is 2.37. The Morgan fingerprint density at radius 2 is 1.45 bits per heavy atom. The van der Waals surface area contributed by atoms with Crippen molar-refractivity contribution < 1.29 is 5.11 Å². The van der Waals surface area contributed by atoms with Crippen molar-refractivity contribution >= 4 is 52.0 Å². The summed E-state index contributed by atoms with van der Waals surface area (Å²) in [6.45, 7) is 3.89. The van der Waals surface area contributed by atoms with Crippen molar-refractivity contribution in [3.63, 3.8) is 0 Å². The molecule has 0 saturated heterocycles. The molecule has 0 aliphatic carbocycles. The Bertz CT molecular complexity index is 667. The number of benzene rings is 2. The van der Waals surface area contributed by atoms with E-state index < -0.39 is 6.10 Å². The molecule has 0 unspecified atom stereocenters. The van der Waals surface area contributed by atoms with Crippen LogP contribution in [0.1, 0.15) is 17.2 Å². The molecule has 2 aromatic carbocycles. The van der Waals surface area contributed by atoms with Crippen molar-refractivity contribution in [2.75, 3.05) is 0 Å². The third kappa shape index (κ3) is 3.30. The zero-order valence-corrected chi connectivity index (χ0v) is 13.2. The minimum Gasteiger partial charge on any atom is -0.384 e. The Hall–Kier alpha value is -0.700.